The van der Waals surface area contributed by atoms with Crippen molar-refractivity contribution in [2.24, 2.45) is 11.8 Å². The summed E-state index contributed by atoms with van der Waals surface area (Å²) < 4.78 is 0. The molecule has 1 aliphatic carbocycles. The molecule has 1 saturated carbocycles. The molecule has 3 nitrogen and oxygen atoms in total. The van der Waals surface area contributed by atoms with Gasteiger partial charge in [0.25, 0.3) is 0 Å². The van der Waals surface area contributed by atoms with Crippen LogP contribution in [0.4, 0.5) is 0 Å². The lowest BCUT2D eigenvalue weighted by Crippen LogP contribution is -2.28. The summed E-state index contributed by atoms with van der Waals surface area (Å²) in [6.45, 7) is 0.755. The van der Waals surface area contributed by atoms with Crippen molar-refractivity contribution >= 4 is 5.97 Å². The van der Waals surface area contributed by atoms with E-state index in [9.17, 15) is 4.79 Å². The molecule has 1 aliphatic heterocycles. The molecule has 14 heavy (non-hydrogen) atoms. The van der Waals surface area contributed by atoms with E-state index in [1.54, 1.807) is 0 Å². The first-order valence-corrected chi connectivity index (χ1v) is 5.63. The summed E-state index contributed by atoms with van der Waals surface area (Å²) in [6.07, 6.45) is 6.10. The maximum absolute atomic E-state index is 11.1. The third-order valence-corrected chi connectivity index (χ3v) is 3.92. The van der Waals surface area contributed by atoms with E-state index in [-0.39, 0.29) is 5.92 Å². The van der Waals surface area contributed by atoms with E-state index >= 15 is 0 Å². The van der Waals surface area contributed by atoms with Crippen LogP contribution in [-0.4, -0.2) is 35.6 Å². The molecule has 1 heterocycles. The van der Waals surface area contributed by atoms with Crippen LogP contribution in [0.1, 0.15) is 32.1 Å². The van der Waals surface area contributed by atoms with Crippen molar-refractivity contribution in [2.45, 2.75) is 38.1 Å². The first-order valence-electron chi connectivity index (χ1n) is 5.63. The van der Waals surface area contributed by atoms with Crippen LogP contribution in [0.15, 0.2) is 0 Å². The lowest BCUT2D eigenvalue weighted by atomic mass is 9.87. The molecule has 2 rings (SSSR count). The zero-order valence-electron chi connectivity index (χ0n) is 8.78. The first kappa shape index (κ1) is 9.97. The predicted octanol–water partition coefficient (Wildman–Crippen LogP) is 1.58. The summed E-state index contributed by atoms with van der Waals surface area (Å²) in [5.41, 5.74) is 0. The summed E-state index contributed by atoms with van der Waals surface area (Å²) in [5.74, 6) is -0.283. The van der Waals surface area contributed by atoms with Crippen LogP contribution < -0.4 is 0 Å². The van der Waals surface area contributed by atoms with Crippen LogP contribution >= 0.6 is 0 Å². The standard InChI is InChI=1S/C11H19NO2/c1-12-7-9(11(13)14)8-5-3-2-4-6-10(8)12/h8-10H,2-7H2,1H3,(H,13,14). The van der Waals surface area contributed by atoms with Crippen LogP contribution in [0.5, 0.6) is 0 Å². The van der Waals surface area contributed by atoms with Crippen molar-refractivity contribution in [3.05, 3.63) is 0 Å². The van der Waals surface area contributed by atoms with Gasteiger partial charge in [-0.05, 0) is 25.8 Å². The number of nitrogens with zero attached hydrogens (tertiary/aromatic N) is 1. The van der Waals surface area contributed by atoms with Gasteiger partial charge < -0.3 is 10.0 Å². The summed E-state index contributed by atoms with van der Waals surface area (Å²) >= 11 is 0. The Bertz CT molecular complexity index is 229. The average Bonchev–Trinajstić information content (AvgIpc) is 2.38. The summed E-state index contributed by atoms with van der Waals surface area (Å²) in [5, 5.41) is 9.14. The van der Waals surface area contributed by atoms with Crippen molar-refractivity contribution in [3.8, 4) is 0 Å². The van der Waals surface area contributed by atoms with E-state index in [2.05, 4.69) is 11.9 Å². The van der Waals surface area contributed by atoms with Crippen LogP contribution in [-0.2, 0) is 4.79 Å². The van der Waals surface area contributed by atoms with Gasteiger partial charge in [0.1, 0.15) is 0 Å². The van der Waals surface area contributed by atoms with Crippen molar-refractivity contribution in [2.75, 3.05) is 13.6 Å². The highest BCUT2D eigenvalue weighted by Crippen LogP contribution is 2.37. The maximum Gasteiger partial charge on any atom is 0.308 e. The number of likely N-dealkylation sites (tertiary alicyclic amines) is 1. The van der Waals surface area contributed by atoms with E-state index in [0.717, 1.165) is 13.0 Å². The number of carboxylic acid groups (broad SMARTS) is 1. The second kappa shape index (κ2) is 3.89. The van der Waals surface area contributed by atoms with Gasteiger partial charge in [-0.1, -0.05) is 19.3 Å². The smallest absolute Gasteiger partial charge is 0.308 e. The Balaban J connectivity index is 2.13. The van der Waals surface area contributed by atoms with Gasteiger partial charge >= 0.3 is 5.97 Å². The third kappa shape index (κ3) is 1.65. The molecule has 0 aromatic rings. The van der Waals surface area contributed by atoms with Crippen molar-refractivity contribution in [3.63, 3.8) is 0 Å². The minimum absolute atomic E-state index is 0.108. The molecular weight excluding hydrogens is 178 g/mol. The topological polar surface area (TPSA) is 40.5 Å². The van der Waals surface area contributed by atoms with Gasteiger partial charge in [0.2, 0.25) is 0 Å². The molecule has 3 unspecified atom stereocenters. The Hall–Kier alpha value is -0.570. The molecule has 1 saturated heterocycles. The Morgan fingerprint density at radius 3 is 2.71 bits per heavy atom. The van der Waals surface area contributed by atoms with E-state index in [1.165, 1.54) is 25.7 Å². The fourth-order valence-corrected chi connectivity index (χ4v) is 3.18. The van der Waals surface area contributed by atoms with Crippen LogP contribution in [0, 0.1) is 11.8 Å². The number of carboxylic acids is 1. The fourth-order valence-electron chi connectivity index (χ4n) is 3.18. The van der Waals surface area contributed by atoms with Gasteiger partial charge in [0, 0.05) is 12.6 Å². The lowest BCUT2D eigenvalue weighted by molar-refractivity contribution is -0.142. The Morgan fingerprint density at radius 1 is 1.29 bits per heavy atom. The molecule has 80 valence electrons. The fraction of sp³-hybridized carbons (Fsp3) is 0.909. The van der Waals surface area contributed by atoms with E-state index in [0.29, 0.717) is 12.0 Å². The number of carbonyl (C=O) groups is 1. The highest BCUT2D eigenvalue weighted by molar-refractivity contribution is 5.71. The zero-order valence-corrected chi connectivity index (χ0v) is 8.78. The Labute approximate surface area is 85.1 Å². The molecule has 3 heteroatoms. The van der Waals surface area contributed by atoms with Crippen molar-refractivity contribution in [1.29, 1.82) is 0 Å². The summed E-state index contributed by atoms with van der Waals surface area (Å²) in [6, 6.07) is 0.540. The van der Waals surface area contributed by atoms with E-state index in [4.69, 9.17) is 5.11 Å². The van der Waals surface area contributed by atoms with Gasteiger partial charge in [0.15, 0.2) is 0 Å². The maximum atomic E-state index is 11.1. The van der Waals surface area contributed by atoms with Crippen LogP contribution in [0.25, 0.3) is 0 Å². The number of hydrogen-bond acceptors (Lipinski definition) is 2. The van der Waals surface area contributed by atoms with Crippen molar-refractivity contribution < 1.29 is 9.90 Å². The second-order valence-electron chi connectivity index (χ2n) is 4.75. The van der Waals surface area contributed by atoms with Crippen molar-refractivity contribution in [1.82, 2.24) is 4.90 Å². The molecule has 1 N–H and O–H groups in total. The Morgan fingerprint density at radius 2 is 2.00 bits per heavy atom. The first-order chi connectivity index (χ1) is 6.70. The Kier molecular flexibility index (Phi) is 2.77. The van der Waals surface area contributed by atoms with E-state index in [1.807, 2.05) is 0 Å². The molecule has 2 aliphatic rings. The van der Waals surface area contributed by atoms with Gasteiger partial charge in [-0.15, -0.1) is 0 Å². The number of hydrogen-bond donors (Lipinski definition) is 1. The molecule has 2 fully saturated rings. The highest BCUT2D eigenvalue weighted by atomic mass is 16.4. The number of rotatable bonds is 1. The lowest BCUT2D eigenvalue weighted by Gasteiger charge is -2.22. The quantitative estimate of drug-likeness (QED) is 0.694. The summed E-state index contributed by atoms with van der Waals surface area (Å²) in [4.78, 5) is 13.3. The number of aliphatic carboxylic acids is 1. The van der Waals surface area contributed by atoms with Gasteiger partial charge in [0.05, 0.1) is 5.92 Å². The van der Waals surface area contributed by atoms with Gasteiger partial charge in [-0.2, -0.15) is 0 Å². The van der Waals surface area contributed by atoms with E-state index < -0.39 is 5.97 Å². The van der Waals surface area contributed by atoms with Gasteiger partial charge in [-0.25, -0.2) is 0 Å². The SMILES string of the molecule is CN1CC(C(=O)O)C2CCCCCC21. The monoisotopic (exact) mass is 197 g/mol. The summed E-state index contributed by atoms with van der Waals surface area (Å²) in [7, 11) is 2.08. The normalized spacial score (nSPS) is 39.1. The minimum Gasteiger partial charge on any atom is -0.481 e. The minimum atomic E-state index is -0.591. The third-order valence-electron chi connectivity index (χ3n) is 3.92. The zero-order chi connectivity index (χ0) is 10.1. The second-order valence-corrected chi connectivity index (χ2v) is 4.75. The molecule has 3 atom stereocenters. The largest absolute Gasteiger partial charge is 0.481 e. The molecular formula is C11H19NO2. The number of fused-ring (bicyclic) bond motifs is 1. The predicted molar refractivity (Wildman–Crippen MR) is 54.1 cm³/mol. The molecule has 0 aromatic carbocycles. The molecule has 0 bridgehead atoms. The van der Waals surface area contributed by atoms with Gasteiger partial charge in [-0.3, -0.25) is 4.79 Å². The molecule has 0 aromatic heterocycles. The average molecular weight is 197 g/mol. The molecule has 0 spiro atoms. The van der Waals surface area contributed by atoms with Crippen LogP contribution in [0.2, 0.25) is 0 Å². The molecule has 0 radical (unpaired) electrons. The molecule has 0 amide bonds. The van der Waals surface area contributed by atoms with Crippen LogP contribution in [0.3, 0.4) is 0 Å². The highest BCUT2D eigenvalue weighted by Gasteiger charge is 2.43.